The molecule has 2 saturated heterocycles. The van der Waals surface area contributed by atoms with Gasteiger partial charge in [-0.1, -0.05) is 24.3 Å². The summed E-state index contributed by atoms with van der Waals surface area (Å²) in [6.07, 6.45) is 0.139. The third-order valence-corrected chi connectivity index (χ3v) is 6.25. The van der Waals surface area contributed by atoms with Gasteiger partial charge in [-0.05, 0) is 25.0 Å². The maximum Gasteiger partial charge on any atom is 0.327 e. The summed E-state index contributed by atoms with van der Waals surface area (Å²) in [7, 11) is 0. The maximum atomic E-state index is 12.4. The predicted molar refractivity (Wildman–Crippen MR) is 93.7 cm³/mol. The van der Waals surface area contributed by atoms with Gasteiger partial charge in [0, 0.05) is 11.3 Å². The van der Waals surface area contributed by atoms with Crippen LogP contribution in [0.1, 0.15) is 25.0 Å². The van der Waals surface area contributed by atoms with Crippen LogP contribution in [0.3, 0.4) is 0 Å². The predicted octanol–water partition coefficient (Wildman–Crippen LogP) is 0.320. The van der Waals surface area contributed by atoms with E-state index in [-0.39, 0.29) is 23.6 Å². The van der Waals surface area contributed by atoms with Gasteiger partial charge in [0.15, 0.2) is 0 Å². The van der Waals surface area contributed by atoms with E-state index in [1.165, 1.54) is 16.7 Å². The van der Waals surface area contributed by atoms with Crippen molar-refractivity contribution in [2.24, 2.45) is 5.73 Å². The molecule has 1 aromatic rings. The van der Waals surface area contributed by atoms with Gasteiger partial charge in [0.1, 0.15) is 17.5 Å². The number of carbonyl (C=O) groups is 3. The highest BCUT2D eigenvalue weighted by atomic mass is 32.2. The summed E-state index contributed by atoms with van der Waals surface area (Å²) in [6, 6.07) is 5.86. The summed E-state index contributed by atoms with van der Waals surface area (Å²) in [5.74, 6) is -1.62. The number of benzene rings is 1. The monoisotopic (exact) mass is 363 g/mol. The SMILES string of the molecule is CC1(C)S[C@@H]2C(NC(=O)Cc3ccccc3CN)C(=O)N2[C@H]1C(=O)O. The summed E-state index contributed by atoms with van der Waals surface area (Å²) >= 11 is 1.41. The first-order chi connectivity index (χ1) is 11.8. The van der Waals surface area contributed by atoms with Crippen LogP contribution >= 0.6 is 11.8 Å². The normalized spacial score (nSPS) is 26.8. The summed E-state index contributed by atoms with van der Waals surface area (Å²) < 4.78 is -0.599. The fourth-order valence-electron chi connectivity index (χ4n) is 3.47. The Morgan fingerprint density at radius 2 is 1.96 bits per heavy atom. The van der Waals surface area contributed by atoms with Crippen LogP contribution in [-0.4, -0.2) is 50.0 Å². The van der Waals surface area contributed by atoms with Crippen molar-refractivity contribution in [3.8, 4) is 0 Å². The number of β-lactam (4-membered cyclic amide) rings is 1. The molecule has 3 atom stereocenters. The highest BCUT2D eigenvalue weighted by Crippen LogP contribution is 2.50. The largest absolute Gasteiger partial charge is 0.480 e. The molecule has 2 heterocycles. The van der Waals surface area contributed by atoms with Crippen molar-refractivity contribution in [2.45, 2.75) is 49.0 Å². The first-order valence-electron chi connectivity index (χ1n) is 8.05. The van der Waals surface area contributed by atoms with Gasteiger partial charge < -0.3 is 21.1 Å². The Morgan fingerprint density at radius 3 is 2.56 bits per heavy atom. The van der Waals surface area contributed by atoms with E-state index >= 15 is 0 Å². The summed E-state index contributed by atoms with van der Waals surface area (Å²) in [5, 5.41) is 11.8. The van der Waals surface area contributed by atoms with Crippen molar-refractivity contribution in [1.82, 2.24) is 10.2 Å². The van der Waals surface area contributed by atoms with Gasteiger partial charge in [-0.3, -0.25) is 9.59 Å². The Morgan fingerprint density at radius 1 is 1.32 bits per heavy atom. The van der Waals surface area contributed by atoms with Gasteiger partial charge in [-0.25, -0.2) is 4.79 Å². The molecule has 1 unspecified atom stereocenters. The molecule has 0 aliphatic carbocycles. The average Bonchev–Trinajstić information content (AvgIpc) is 2.81. The van der Waals surface area contributed by atoms with Gasteiger partial charge in [0.25, 0.3) is 0 Å². The highest BCUT2D eigenvalue weighted by molar-refractivity contribution is 8.01. The molecule has 2 amide bonds. The molecule has 134 valence electrons. The Hall–Kier alpha value is -2.06. The average molecular weight is 363 g/mol. The smallest absolute Gasteiger partial charge is 0.327 e. The quantitative estimate of drug-likeness (QED) is 0.650. The minimum atomic E-state index is -1.02. The van der Waals surface area contributed by atoms with E-state index in [4.69, 9.17) is 5.73 Å². The molecule has 25 heavy (non-hydrogen) atoms. The minimum absolute atomic E-state index is 0.139. The zero-order valence-corrected chi connectivity index (χ0v) is 14.9. The van der Waals surface area contributed by atoms with Crippen LogP contribution < -0.4 is 11.1 Å². The molecule has 2 fully saturated rings. The molecule has 4 N–H and O–H groups in total. The van der Waals surface area contributed by atoms with Crippen LogP contribution in [-0.2, 0) is 27.3 Å². The van der Waals surface area contributed by atoms with Gasteiger partial charge in [-0.2, -0.15) is 0 Å². The van der Waals surface area contributed by atoms with Crippen LogP contribution in [0, 0.1) is 0 Å². The number of thioether (sulfide) groups is 1. The van der Waals surface area contributed by atoms with Gasteiger partial charge >= 0.3 is 5.97 Å². The molecule has 2 aliphatic rings. The summed E-state index contributed by atoms with van der Waals surface area (Å²) in [4.78, 5) is 37.6. The number of amides is 2. The number of nitrogens with two attached hydrogens (primary N) is 1. The molecule has 1 aromatic carbocycles. The lowest BCUT2D eigenvalue weighted by molar-refractivity contribution is -0.161. The number of nitrogens with zero attached hydrogens (tertiary/aromatic N) is 1. The molecular weight excluding hydrogens is 342 g/mol. The first kappa shape index (κ1) is 17.8. The summed E-state index contributed by atoms with van der Waals surface area (Å²) in [5.41, 5.74) is 7.40. The van der Waals surface area contributed by atoms with Crippen LogP contribution in [0.25, 0.3) is 0 Å². The second kappa shape index (κ2) is 6.34. The summed E-state index contributed by atoms with van der Waals surface area (Å²) in [6.45, 7) is 3.95. The fourth-order valence-corrected chi connectivity index (χ4v) is 5.10. The van der Waals surface area contributed by atoms with E-state index in [1.807, 2.05) is 24.3 Å². The first-order valence-corrected chi connectivity index (χ1v) is 8.93. The van der Waals surface area contributed by atoms with E-state index in [1.54, 1.807) is 13.8 Å². The number of nitrogens with one attached hydrogen (secondary N) is 1. The molecule has 8 heteroatoms. The second-order valence-corrected chi connectivity index (χ2v) is 8.56. The lowest BCUT2D eigenvalue weighted by atomic mass is 9.96. The fraction of sp³-hybridized carbons (Fsp3) is 0.471. The zero-order valence-electron chi connectivity index (χ0n) is 14.1. The van der Waals surface area contributed by atoms with E-state index < -0.39 is 22.8 Å². The van der Waals surface area contributed by atoms with E-state index in [2.05, 4.69) is 5.32 Å². The number of hydrogen-bond donors (Lipinski definition) is 3. The number of aliphatic carboxylic acids is 1. The molecule has 2 aliphatic heterocycles. The van der Waals surface area contributed by atoms with Crippen LogP contribution in [0.4, 0.5) is 0 Å². The lowest BCUT2D eigenvalue weighted by Gasteiger charge is -2.43. The molecule has 0 bridgehead atoms. The van der Waals surface area contributed by atoms with Crippen molar-refractivity contribution < 1.29 is 19.5 Å². The van der Waals surface area contributed by atoms with Crippen molar-refractivity contribution >= 4 is 29.5 Å². The van der Waals surface area contributed by atoms with Crippen LogP contribution in [0.15, 0.2) is 24.3 Å². The molecule has 0 saturated carbocycles. The Balaban J connectivity index is 1.68. The second-order valence-electron chi connectivity index (χ2n) is 6.79. The third kappa shape index (κ3) is 3.00. The highest BCUT2D eigenvalue weighted by Gasteiger charge is 2.64. The molecular formula is C17H21N3O4S. The zero-order chi connectivity index (χ0) is 18.4. The minimum Gasteiger partial charge on any atom is -0.480 e. The van der Waals surface area contributed by atoms with Gasteiger partial charge in [-0.15, -0.1) is 11.8 Å². The lowest BCUT2D eigenvalue weighted by Crippen LogP contribution is -2.70. The van der Waals surface area contributed by atoms with E-state index in [0.29, 0.717) is 6.54 Å². The number of carboxylic acids is 1. The number of fused-ring (bicyclic) bond motifs is 1. The Kier molecular flexibility index (Phi) is 4.51. The third-order valence-electron chi connectivity index (χ3n) is 4.68. The number of carboxylic acid groups (broad SMARTS) is 1. The number of rotatable bonds is 5. The topological polar surface area (TPSA) is 113 Å². The maximum absolute atomic E-state index is 12.4. The van der Waals surface area contributed by atoms with Crippen molar-refractivity contribution in [2.75, 3.05) is 0 Å². The number of hydrogen-bond acceptors (Lipinski definition) is 5. The molecule has 0 radical (unpaired) electrons. The van der Waals surface area contributed by atoms with Crippen LogP contribution in [0.2, 0.25) is 0 Å². The van der Waals surface area contributed by atoms with Gasteiger partial charge in [0.05, 0.1) is 6.42 Å². The molecule has 7 nitrogen and oxygen atoms in total. The Labute approximate surface area is 149 Å². The van der Waals surface area contributed by atoms with Crippen molar-refractivity contribution in [3.05, 3.63) is 35.4 Å². The van der Waals surface area contributed by atoms with Crippen LogP contribution in [0.5, 0.6) is 0 Å². The Bertz CT molecular complexity index is 736. The van der Waals surface area contributed by atoms with E-state index in [9.17, 15) is 19.5 Å². The molecule has 3 rings (SSSR count). The van der Waals surface area contributed by atoms with Gasteiger partial charge in [0.2, 0.25) is 11.8 Å². The molecule has 0 aromatic heterocycles. The van der Waals surface area contributed by atoms with Crippen molar-refractivity contribution in [3.63, 3.8) is 0 Å². The molecule has 0 spiro atoms. The van der Waals surface area contributed by atoms with Crippen molar-refractivity contribution in [1.29, 1.82) is 0 Å². The standard InChI is InChI=1S/C17H21N3O4S/c1-17(2)13(16(23)24)20-14(22)12(15(20)25-17)19-11(21)7-9-5-3-4-6-10(9)8-18/h3-6,12-13,15H,7-8,18H2,1-2H3,(H,19,21)(H,23,24)/t12?,13-,15+/m0/s1. The number of carbonyl (C=O) groups excluding carboxylic acids is 2. The van der Waals surface area contributed by atoms with E-state index in [0.717, 1.165) is 11.1 Å².